The Morgan fingerprint density at radius 3 is 2.53 bits per heavy atom. The third kappa shape index (κ3) is 3.53. The van der Waals surface area contributed by atoms with Crippen LogP contribution in [0.4, 0.5) is 0 Å². The molecule has 4 rings (SSSR count). The smallest absolute Gasteiger partial charge is 0.290 e. The highest BCUT2D eigenvalue weighted by molar-refractivity contribution is 6.30. The summed E-state index contributed by atoms with van der Waals surface area (Å²) in [7, 11) is 3.99. The number of fused-ring (bicyclic) bond motifs is 2. The highest BCUT2D eigenvalue weighted by Crippen LogP contribution is 2.39. The molecule has 1 aromatic heterocycles. The fourth-order valence-corrected chi connectivity index (χ4v) is 4.29. The first-order valence-electron chi connectivity index (χ1n) is 10.1. The maximum Gasteiger partial charge on any atom is 0.290 e. The summed E-state index contributed by atoms with van der Waals surface area (Å²) in [6.07, 6.45) is 0.787. The molecule has 1 amide bonds. The van der Waals surface area contributed by atoms with Crippen molar-refractivity contribution in [2.45, 2.75) is 26.3 Å². The van der Waals surface area contributed by atoms with Crippen LogP contribution >= 0.6 is 11.6 Å². The largest absolute Gasteiger partial charge is 0.450 e. The molecule has 2 heterocycles. The van der Waals surface area contributed by atoms with Crippen LogP contribution in [-0.2, 0) is 0 Å². The van der Waals surface area contributed by atoms with Gasteiger partial charge in [-0.3, -0.25) is 9.59 Å². The first kappa shape index (κ1) is 20.6. The van der Waals surface area contributed by atoms with E-state index in [4.69, 9.17) is 16.0 Å². The minimum Gasteiger partial charge on any atom is -0.450 e. The molecule has 0 N–H and O–H groups in total. The van der Waals surface area contributed by atoms with E-state index in [0.29, 0.717) is 28.1 Å². The zero-order valence-electron chi connectivity index (χ0n) is 17.7. The van der Waals surface area contributed by atoms with Gasteiger partial charge in [0, 0.05) is 11.6 Å². The maximum atomic E-state index is 13.5. The normalized spacial score (nSPS) is 16.0. The molecular weight excluding hydrogens is 400 g/mol. The lowest BCUT2D eigenvalue weighted by Gasteiger charge is -2.25. The number of halogens is 1. The van der Waals surface area contributed by atoms with Crippen LogP contribution in [0.1, 0.15) is 45.3 Å². The van der Waals surface area contributed by atoms with Gasteiger partial charge in [-0.2, -0.15) is 0 Å². The molecule has 0 bridgehead atoms. The van der Waals surface area contributed by atoms with Crippen molar-refractivity contribution < 1.29 is 9.21 Å². The molecule has 0 fully saturated rings. The minimum absolute atomic E-state index is 0.144. The van der Waals surface area contributed by atoms with Crippen molar-refractivity contribution in [2.75, 3.05) is 27.2 Å². The summed E-state index contributed by atoms with van der Waals surface area (Å²) >= 11 is 6.24. The van der Waals surface area contributed by atoms with Crippen LogP contribution in [0.2, 0.25) is 5.02 Å². The average molecular weight is 425 g/mol. The summed E-state index contributed by atoms with van der Waals surface area (Å²) < 4.78 is 6.04. The van der Waals surface area contributed by atoms with E-state index in [1.165, 1.54) is 0 Å². The van der Waals surface area contributed by atoms with Crippen molar-refractivity contribution in [3.63, 3.8) is 0 Å². The molecule has 30 heavy (non-hydrogen) atoms. The third-order valence-corrected chi connectivity index (χ3v) is 5.99. The third-order valence-electron chi connectivity index (χ3n) is 5.75. The van der Waals surface area contributed by atoms with Crippen molar-refractivity contribution in [3.05, 3.63) is 79.7 Å². The molecule has 0 spiro atoms. The Morgan fingerprint density at radius 1 is 1.10 bits per heavy atom. The number of carbonyl (C=O) groups excluding carboxylic acids is 1. The first-order valence-corrected chi connectivity index (χ1v) is 10.4. The van der Waals surface area contributed by atoms with Crippen LogP contribution in [-0.4, -0.2) is 42.9 Å². The fourth-order valence-electron chi connectivity index (χ4n) is 4.09. The van der Waals surface area contributed by atoms with Gasteiger partial charge in [0.25, 0.3) is 5.91 Å². The van der Waals surface area contributed by atoms with E-state index < -0.39 is 6.04 Å². The van der Waals surface area contributed by atoms with Crippen LogP contribution in [0.25, 0.3) is 11.0 Å². The average Bonchev–Trinajstić information content (AvgIpc) is 2.96. The molecule has 0 saturated carbocycles. The Bertz CT molecular complexity index is 1200. The van der Waals surface area contributed by atoms with Gasteiger partial charge in [-0.25, -0.2) is 0 Å². The number of hydrogen-bond donors (Lipinski definition) is 0. The monoisotopic (exact) mass is 424 g/mol. The Hall–Kier alpha value is -2.63. The van der Waals surface area contributed by atoms with E-state index >= 15 is 0 Å². The quantitative estimate of drug-likeness (QED) is 0.602. The lowest BCUT2D eigenvalue weighted by molar-refractivity contribution is 0.0722. The molecule has 0 radical (unpaired) electrons. The highest BCUT2D eigenvalue weighted by atomic mass is 35.5. The number of benzene rings is 2. The number of carbonyl (C=O) groups is 1. The Kier molecular flexibility index (Phi) is 5.43. The summed E-state index contributed by atoms with van der Waals surface area (Å²) in [6, 6.07) is 10.5. The zero-order valence-corrected chi connectivity index (χ0v) is 18.4. The van der Waals surface area contributed by atoms with Gasteiger partial charge >= 0.3 is 0 Å². The molecule has 0 aliphatic carbocycles. The van der Waals surface area contributed by atoms with Crippen LogP contribution in [0.5, 0.6) is 0 Å². The molecule has 1 atom stereocenters. The fraction of sp³-hybridized carbons (Fsp3) is 0.333. The van der Waals surface area contributed by atoms with Gasteiger partial charge in [-0.05, 0) is 81.9 Å². The number of aryl methyl sites for hydroxylation is 2. The molecular formula is C24H25ClN2O3. The number of amides is 1. The maximum absolute atomic E-state index is 13.5. The number of rotatable bonds is 5. The summed E-state index contributed by atoms with van der Waals surface area (Å²) in [6.45, 7) is 5.29. The van der Waals surface area contributed by atoms with Crippen LogP contribution in [0.3, 0.4) is 0 Å². The number of hydrogen-bond acceptors (Lipinski definition) is 4. The van der Waals surface area contributed by atoms with Gasteiger partial charge in [0.1, 0.15) is 5.58 Å². The standard InChI is InChI=1S/C24H25ClN2O3/c1-14-11-18-19(12-15(14)2)30-23-20(22(18)28)21(16-7-5-8-17(25)13-16)27(24(23)29)10-6-9-26(3)4/h5,7-8,11-13,21H,6,9-10H2,1-4H3. The summed E-state index contributed by atoms with van der Waals surface area (Å²) in [5.74, 6) is -0.100. The van der Waals surface area contributed by atoms with Crippen molar-refractivity contribution in [1.29, 1.82) is 0 Å². The van der Waals surface area contributed by atoms with Crippen molar-refractivity contribution in [3.8, 4) is 0 Å². The molecule has 2 aromatic carbocycles. The summed E-state index contributed by atoms with van der Waals surface area (Å²) in [4.78, 5) is 30.7. The van der Waals surface area contributed by atoms with Gasteiger partial charge in [0.2, 0.25) is 5.76 Å². The van der Waals surface area contributed by atoms with E-state index in [-0.39, 0.29) is 17.1 Å². The summed E-state index contributed by atoms with van der Waals surface area (Å²) in [5.41, 5.74) is 3.56. The van der Waals surface area contributed by atoms with E-state index in [1.54, 1.807) is 11.0 Å². The second-order valence-electron chi connectivity index (χ2n) is 8.22. The van der Waals surface area contributed by atoms with Gasteiger partial charge in [0.05, 0.1) is 17.0 Å². The SMILES string of the molecule is Cc1cc2oc3c(c(=O)c2cc1C)C(c1cccc(Cl)c1)N(CCCN(C)C)C3=O. The second kappa shape index (κ2) is 7.89. The Labute approximate surface area is 180 Å². The minimum atomic E-state index is -0.504. The van der Waals surface area contributed by atoms with Crippen LogP contribution in [0, 0.1) is 13.8 Å². The van der Waals surface area contributed by atoms with Crippen LogP contribution < -0.4 is 5.43 Å². The van der Waals surface area contributed by atoms with Gasteiger partial charge in [-0.15, -0.1) is 0 Å². The summed E-state index contributed by atoms with van der Waals surface area (Å²) in [5, 5.41) is 1.07. The predicted molar refractivity (Wildman–Crippen MR) is 119 cm³/mol. The van der Waals surface area contributed by atoms with Gasteiger partial charge in [0.15, 0.2) is 5.43 Å². The Balaban J connectivity index is 1.91. The van der Waals surface area contributed by atoms with E-state index in [0.717, 1.165) is 29.7 Å². The van der Waals surface area contributed by atoms with Gasteiger partial charge in [-0.1, -0.05) is 23.7 Å². The Morgan fingerprint density at radius 2 is 1.83 bits per heavy atom. The molecule has 0 saturated heterocycles. The molecule has 5 nitrogen and oxygen atoms in total. The molecule has 3 aromatic rings. The highest BCUT2D eigenvalue weighted by Gasteiger charge is 2.42. The van der Waals surface area contributed by atoms with Crippen molar-refractivity contribution in [1.82, 2.24) is 9.80 Å². The predicted octanol–water partition coefficient (Wildman–Crippen LogP) is 4.56. The van der Waals surface area contributed by atoms with Crippen molar-refractivity contribution in [2.24, 2.45) is 0 Å². The number of nitrogens with zero attached hydrogens (tertiary/aromatic N) is 2. The second-order valence-corrected chi connectivity index (χ2v) is 8.66. The zero-order chi connectivity index (χ0) is 21.6. The molecule has 6 heteroatoms. The lowest BCUT2D eigenvalue weighted by Crippen LogP contribution is -2.32. The van der Waals surface area contributed by atoms with E-state index in [9.17, 15) is 9.59 Å². The van der Waals surface area contributed by atoms with Crippen LogP contribution in [0.15, 0.2) is 45.6 Å². The molecule has 1 unspecified atom stereocenters. The first-order chi connectivity index (χ1) is 14.3. The van der Waals surface area contributed by atoms with E-state index in [2.05, 4.69) is 4.90 Å². The molecule has 156 valence electrons. The molecule has 1 aliphatic rings. The lowest BCUT2D eigenvalue weighted by atomic mass is 9.97. The molecule has 1 aliphatic heterocycles. The topological polar surface area (TPSA) is 53.8 Å². The van der Waals surface area contributed by atoms with E-state index in [1.807, 2.05) is 58.3 Å². The van der Waals surface area contributed by atoms with Gasteiger partial charge < -0.3 is 14.2 Å². The van der Waals surface area contributed by atoms with Crippen molar-refractivity contribution >= 4 is 28.5 Å².